The molecule has 140 heavy (non-hydrogen) atoms. The Morgan fingerprint density at radius 1 is 0.379 bits per heavy atom. The van der Waals surface area contributed by atoms with Crippen LogP contribution in [0.5, 0.6) is 46.0 Å². The molecule has 40 heteroatoms. The molecule has 12 aromatic rings. The number of fused-ring (bicyclic) bond motifs is 4. The molecule has 12 N–H and O–H groups in total. The molecule has 16 rings (SSSR count). The van der Waals surface area contributed by atoms with Crippen molar-refractivity contribution in [3.63, 3.8) is 0 Å². The molecule has 4 amide bonds. The number of oxazole rings is 2. The van der Waals surface area contributed by atoms with Gasteiger partial charge >= 0.3 is 28.5 Å². The van der Waals surface area contributed by atoms with E-state index >= 15 is 0 Å². The Hall–Kier alpha value is -14.7. The van der Waals surface area contributed by atoms with Crippen LogP contribution in [0.4, 0.5) is 17.6 Å². The predicted molar refractivity (Wildman–Crippen MR) is 528 cm³/mol. The Bertz CT molecular complexity index is 5990. The standard InChI is InChI=1S/2C25H24BFN2O6.2C25H24BFN2O5S/c1-14-19(6-15-7-22(33-2)25(26(31)32)23(8-15)34-3)18-5-4-16(27)9-21(18)20(14)10-24(30)28-11-17-12-35-13-29-17;1-14-19(6-15-7-22(33-2)25(26(31)32)23(8-15)34-3)18-5-4-16(27)9-21(18)20(14)10-24(30)29-12-17-11-28-13-35-17;1-14-19(6-15-7-22(33-2)25(26(31)32)23(8-15)34-3)18-5-4-16(27)9-21(18)20(14)10-24(30)28-11-17-12-35-13-29-17;1-14-18(8-15-9-21(33-2)25(26(31)32)22(10-15)34-3)17-5-4-16(27)11-20(17)19(14)12-23(30)29-13-24-28-6-7-35-24/h4-9,12-13,31-32H,10-11H2,1-3H3,(H,28,30);4-9,11,13,31-32H,10,12H2,1-3H3,(H,29,30);4-9,12-13,31-32H,10-11H2,1-3H3,(H,28,30);4-11,31-32H,12-13H2,1-3H3,(H,29,30)/b3*19-6-;18-8-. The minimum atomic E-state index is -1.78. The Morgan fingerprint density at radius 3 is 0.929 bits per heavy atom. The molecule has 720 valence electrons. The number of nitrogens with zero attached hydrogens (tertiary/aromatic N) is 4. The zero-order chi connectivity index (χ0) is 100. The van der Waals surface area contributed by atoms with Crippen molar-refractivity contribution in [3.05, 3.63) is 304 Å². The Morgan fingerprint density at radius 2 is 0.679 bits per heavy atom. The number of halogens is 4. The molecule has 4 aliphatic rings. The maximum absolute atomic E-state index is 14.2. The van der Waals surface area contributed by atoms with Crippen LogP contribution in [-0.4, -0.2) is 169 Å². The van der Waals surface area contributed by atoms with Gasteiger partial charge in [0.2, 0.25) is 23.6 Å². The van der Waals surface area contributed by atoms with Crippen LogP contribution in [-0.2, 0) is 45.4 Å². The average Bonchev–Trinajstić information content (AvgIpc) is 1.63. The number of aromatic nitrogens is 4. The maximum atomic E-state index is 14.2. The predicted octanol–water partition coefficient (Wildman–Crippen LogP) is 11.1. The molecule has 4 aliphatic carbocycles. The quantitative estimate of drug-likeness (QED) is 0.0138. The van der Waals surface area contributed by atoms with Gasteiger partial charge in [-0.05, 0) is 283 Å². The molecular weight excluding hydrogens is 1850 g/mol. The topological polar surface area (TPSA) is 430 Å². The van der Waals surface area contributed by atoms with E-state index in [1.165, 1.54) is 153 Å². The second-order valence-electron chi connectivity index (χ2n) is 31.9. The molecule has 0 radical (unpaired) electrons. The fourth-order valence-corrected chi connectivity index (χ4v) is 17.8. The van der Waals surface area contributed by atoms with E-state index in [0.717, 1.165) is 88.7 Å². The first kappa shape index (κ1) is 103. The van der Waals surface area contributed by atoms with Crippen LogP contribution in [0.1, 0.15) is 142 Å². The number of rotatable bonds is 32. The number of thiazole rings is 2. The van der Waals surface area contributed by atoms with E-state index < -0.39 is 40.1 Å². The van der Waals surface area contributed by atoms with E-state index in [-0.39, 0.29) is 142 Å². The first-order chi connectivity index (χ1) is 67.3. The largest absolute Gasteiger partial charge is 0.497 e. The molecule has 4 aromatic heterocycles. The van der Waals surface area contributed by atoms with E-state index in [2.05, 4.69) is 41.2 Å². The highest BCUT2D eigenvalue weighted by molar-refractivity contribution is 7.09. The second-order valence-corrected chi connectivity index (χ2v) is 33.6. The van der Waals surface area contributed by atoms with Crippen molar-refractivity contribution in [2.75, 3.05) is 56.9 Å². The van der Waals surface area contributed by atoms with E-state index in [9.17, 15) is 76.9 Å². The first-order valence-corrected chi connectivity index (χ1v) is 45.0. The fraction of sp³-hybridized carbons (Fsp3) is 0.200. The number of amides is 4. The molecule has 8 aromatic carbocycles. The van der Waals surface area contributed by atoms with Crippen LogP contribution in [0.3, 0.4) is 0 Å². The van der Waals surface area contributed by atoms with Crippen molar-refractivity contribution >= 4 is 166 Å². The maximum Gasteiger partial charge on any atom is 0.496 e. The van der Waals surface area contributed by atoms with Gasteiger partial charge in [-0.3, -0.25) is 19.2 Å². The van der Waals surface area contributed by atoms with E-state index in [0.29, 0.717) is 80.2 Å². The van der Waals surface area contributed by atoms with Gasteiger partial charge in [0.25, 0.3) is 0 Å². The van der Waals surface area contributed by atoms with Gasteiger partial charge in [-0.15, -0.1) is 22.7 Å². The van der Waals surface area contributed by atoms with Crippen LogP contribution in [0, 0.1) is 23.3 Å². The van der Waals surface area contributed by atoms with Crippen molar-refractivity contribution < 1.29 is 124 Å². The van der Waals surface area contributed by atoms with Crippen LogP contribution in [0.15, 0.2) is 200 Å². The van der Waals surface area contributed by atoms with Crippen LogP contribution in [0.25, 0.3) is 68.9 Å². The van der Waals surface area contributed by atoms with Crippen LogP contribution in [0.2, 0.25) is 0 Å². The number of hydrogen-bond donors (Lipinski definition) is 12. The van der Waals surface area contributed by atoms with Crippen molar-refractivity contribution in [3.8, 4) is 46.0 Å². The smallest absolute Gasteiger partial charge is 0.496 e. The zero-order valence-corrected chi connectivity index (χ0v) is 79.5. The van der Waals surface area contributed by atoms with Crippen molar-refractivity contribution in [1.29, 1.82) is 0 Å². The highest BCUT2D eigenvalue weighted by Crippen LogP contribution is 2.49. The summed E-state index contributed by atoms with van der Waals surface area (Å²) in [6, 6.07) is 31.3. The lowest BCUT2D eigenvalue weighted by atomic mass is 9.78. The summed E-state index contributed by atoms with van der Waals surface area (Å²) in [6.07, 6.45) is 15.0. The second kappa shape index (κ2) is 46.6. The van der Waals surface area contributed by atoms with E-state index in [1.807, 2.05) is 62.8 Å². The van der Waals surface area contributed by atoms with Gasteiger partial charge < -0.3 is 108 Å². The van der Waals surface area contributed by atoms with Crippen molar-refractivity contribution in [1.82, 2.24) is 41.2 Å². The number of ether oxygens (including phenoxy) is 8. The van der Waals surface area contributed by atoms with Crippen LogP contribution < -0.4 is 81.0 Å². The summed E-state index contributed by atoms with van der Waals surface area (Å²) in [5, 5.41) is 93.7. The number of carbonyl (C=O) groups excluding carboxylic acids is 4. The van der Waals surface area contributed by atoms with Crippen molar-refractivity contribution in [2.24, 2.45) is 0 Å². The average molecular weight is 1950 g/mol. The van der Waals surface area contributed by atoms with Gasteiger partial charge in [-0.25, -0.2) is 37.5 Å². The third-order valence-electron chi connectivity index (χ3n) is 23.5. The number of hydrogen-bond acceptors (Lipinski definition) is 28. The Kier molecular flexibility index (Phi) is 34.2. The first-order valence-electron chi connectivity index (χ1n) is 43.2. The van der Waals surface area contributed by atoms with Gasteiger partial charge in [0, 0.05) is 17.0 Å². The lowest BCUT2D eigenvalue weighted by Gasteiger charge is -2.14. The van der Waals surface area contributed by atoms with Gasteiger partial charge in [-0.1, -0.05) is 24.3 Å². The summed E-state index contributed by atoms with van der Waals surface area (Å²) >= 11 is 2.92. The summed E-state index contributed by atoms with van der Waals surface area (Å²) < 4.78 is 109. The van der Waals surface area contributed by atoms with Gasteiger partial charge in [0.1, 0.15) is 86.3 Å². The Balaban J connectivity index is 0.000000157. The molecule has 0 saturated carbocycles. The molecule has 0 aliphatic heterocycles. The van der Waals surface area contributed by atoms with Crippen LogP contribution >= 0.6 is 22.7 Å². The summed E-state index contributed by atoms with van der Waals surface area (Å²) in [5.74, 6) is 0.129. The Labute approximate surface area is 811 Å². The van der Waals surface area contributed by atoms with Crippen molar-refractivity contribution in [2.45, 2.75) is 79.6 Å². The molecule has 0 atom stereocenters. The SMILES string of the molecule is COc1cc(/C=C2/C(C)=C(CC(=O)NCc3cnco3)c3cc(F)ccc32)cc(OC)c1B(O)O.COc1cc(/C=C2/C(C)=C(CC(=O)NCc3cocn3)c3cc(F)ccc32)cc(OC)c1B(O)O.COc1cc(/C=C2/C(C)=C(CC(=O)NCc3cscn3)c3cc(F)ccc32)cc(OC)c1B(O)O.COc1cc(/C=C2/C(C)=C(CC(=O)NCc3nccs3)c3cc(F)ccc32)cc(OC)c1B(O)O. The highest BCUT2D eigenvalue weighted by atomic mass is 32.1. The fourth-order valence-electron chi connectivity index (χ4n) is 16.7. The lowest BCUT2D eigenvalue weighted by Crippen LogP contribution is -2.32. The van der Waals surface area contributed by atoms with E-state index in [4.69, 9.17) is 46.7 Å². The molecule has 0 bridgehead atoms. The molecule has 0 spiro atoms. The molecular formula is C100H96B4F4N8O22S2. The van der Waals surface area contributed by atoms with Gasteiger partial charge in [0.15, 0.2) is 12.8 Å². The monoisotopic (exact) mass is 1940 g/mol. The van der Waals surface area contributed by atoms with Gasteiger partial charge in [0.05, 0.1) is 154 Å². The molecule has 30 nitrogen and oxygen atoms in total. The minimum Gasteiger partial charge on any atom is -0.497 e. The number of nitrogens with one attached hydrogen (secondary N) is 4. The highest BCUT2D eigenvalue weighted by Gasteiger charge is 2.35. The molecule has 4 heterocycles. The molecule has 0 saturated heterocycles. The summed E-state index contributed by atoms with van der Waals surface area (Å²) in [7, 11) is 4.31. The van der Waals surface area contributed by atoms with E-state index in [1.54, 1.807) is 84.5 Å². The normalized spacial score (nSPS) is 13.7. The zero-order valence-electron chi connectivity index (χ0n) is 77.9. The minimum absolute atomic E-state index is 0.0516. The number of methoxy groups -OCH3 is 8. The third kappa shape index (κ3) is 24.0. The third-order valence-corrected chi connectivity index (χ3v) is 24.9. The number of carbonyl (C=O) groups is 4. The number of benzene rings is 8. The van der Waals surface area contributed by atoms with Gasteiger partial charge in [-0.2, -0.15) is 0 Å². The molecule has 0 fully saturated rings. The number of allylic oxidation sites excluding steroid dienone is 8. The summed E-state index contributed by atoms with van der Waals surface area (Å²) in [4.78, 5) is 66.9. The lowest BCUT2D eigenvalue weighted by molar-refractivity contribution is -0.121. The molecule has 0 unspecified atom stereocenters. The summed E-state index contributed by atoms with van der Waals surface area (Å²) in [6.45, 7) is 8.64. The summed E-state index contributed by atoms with van der Waals surface area (Å²) in [5.41, 5.74) is 21.6.